The van der Waals surface area contributed by atoms with Crippen LogP contribution >= 0.6 is 58.0 Å². The summed E-state index contributed by atoms with van der Waals surface area (Å²) >= 11 is 26.8. The molecule has 0 saturated heterocycles. The van der Waals surface area contributed by atoms with Crippen molar-refractivity contribution >= 4 is 58.0 Å². The van der Waals surface area contributed by atoms with Gasteiger partial charge < -0.3 is 5.73 Å². The van der Waals surface area contributed by atoms with Crippen molar-refractivity contribution < 1.29 is 0 Å². The molecular weight excluding hydrogens is 227 g/mol. The largest absolute Gasteiger partial charge is 0.328 e. The van der Waals surface area contributed by atoms with Crippen LogP contribution in [-0.4, -0.2) is 14.7 Å². The minimum absolute atomic E-state index is 0.105. The zero-order chi connectivity index (χ0) is 7.71. The smallest absolute Gasteiger partial charge is 0.224 e. The molecule has 0 aliphatic rings. The fourth-order valence-corrected chi connectivity index (χ4v) is 0.347. The first-order valence-corrected chi connectivity index (χ1v) is 3.85. The van der Waals surface area contributed by atoms with Crippen molar-refractivity contribution in [2.45, 2.75) is 8.13 Å². The standard InChI is InChI=1S/C3H4Cl5N/c4-2(5,1-9)3(6,7)8/h1,9H2. The highest BCUT2D eigenvalue weighted by Gasteiger charge is 2.44. The molecule has 0 spiro atoms. The molecule has 0 fully saturated rings. The fraction of sp³-hybridized carbons (Fsp3) is 1.00. The lowest BCUT2D eigenvalue weighted by atomic mass is 10.5. The van der Waals surface area contributed by atoms with Gasteiger partial charge in [0.05, 0.1) is 0 Å². The molecule has 0 rings (SSSR count). The average molecular weight is 231 g/mol. The van der Waals surface area contributed by atoms with Gasteiger partial charge in [0.1, 0.15) is 0 Å². The van der Waals surface area contributed by atoms with Crippen molar-refractivity contribution in [2.24, 2.45) is 5.73 Å². The van der Waals surface area contributed by atoms with Crippen LogP contribution < -0.4 is 5.73 Å². The monoisotopic (exact) mass is 229 g/mol. The van der Waals surface area contributed by atoms with Crippen LogP contribution in [0, 0.1) is 0 Å². The van der Waals surface area contributed by atoms with E-state index in [0.29, 0.717) is 0 Å². The average Bonchev–Trinajstić information content (AvgIpc) is 1.64. The van der Waals surface area contributed by atoms with E-state index in [2.05, 4.69) is 0 Å². The molecule has 2 N–H and O–H groups in total. The van der Waals surface area contributed by atoms with Gasteiger partial charge in [-0.2, -0.15) is 0 Å². The van der Waals surface area contributed by atoms with Gasteiger partial charge in [0, 0.05) is 6.54 Å². The Morgan fingerprint density at radius 1 is 1.00 bits per heavy atom. The van der Waals surface area contributed by atoms with E-state index in [1.807, 2.05) is 0 Å². The highest BCUT2D eigenvalue weighted by atomic mass is 35.6. The Labute approximate surface area is 78.3 Å². The van der Waals surface area contributed by atoms with Crippen LogP contribution in [0.3, 0.4) is 0 Å². The number of rotatable bonds is 1. The lowest BCUT2D eigenvalue weighted by Crippen LogP contribution is -2.38. The normalized spacial score (nSPS) is 14.0. The molecule has 6 heteroatoms. The maximum Gasteiger partial charge on any atom is 0.224 e. The van der Waals surface area contributed by atoms with Gasteiger partial charge in [-0.05, 0) is 0 Å². The Morgan fingerprint density at radius 2 is 1.33 bits per heavy atom. The summed E-state index contributed by atoms with van der Waals surface area (Å²) in [6.07, 6.45) is 0. The van der Waals surface area contributed by atoms with E-state index in [1.165, 1.54) is 0 Å². The molecule has 0 bridgehead atoms. The van der Waals surface area contributed by atoms with E-state index >= 15 is 0 Å². The predicted molar refractivity (Wildman–Crippen MR) is 43.8 cm³/mol. The van der Waals surface area contributed by atoms with Gasteiger partial charge in [0.15, 0.2) is 4.33 Å². The molecule has 0 aliphatic carbocycles. The Bertz CT molecular complexity index is 94.9. The molecule has 0 aliphatic heterocycles. The van der Waals surface area contributed by atoms with E-state index in [4.69, 9.17) is 63.7 Å². The van der Waals surface area contributed by atoms with E-state index < -0.39 is 8.13 Å². The van der Waals surface area contributed by atoms with E-state index in [9.17, 15) is 0 Å². The quantitative estimate of drug-likeness (QED) is 0.689. The van der Waals surface area contributed by atoms with Crippen molar-refractivity contribution in [3.63, 3.8) is 0 Å². The van der Waals surface area contributed by atoms with Crippen LogP contribution in [-0.2, 0) is 0 Å². The summed E-state index contributed by atoms with van der Waals surface area (Å²) in [5, 5.41) is 0. The maximum atomic E-state index is 5.44. The second-order valence-electron chi connectivity index (χ2n) is 1.41. The van der Waals surface area contributed by atoms with E-state index in [-0.39, 0.29) is 6.54 Å². The Hall–Kier alpha value is 1.41. The number of alkyl halides is 5. The summed E-state index contributed by atoms with van der Waals surface area (Å²) in [7, 11) is 0. The molecule has 9 heavy (non-hydrogen) atoms. The molecule has 0 amide bonds. The maximum absolute atomic E-state index is 5.44. The molecule has 0 atom stereocenters. The van der Waals surface area contributed by atoms with Gasteiger partial charge >= 0.3 is 0 Å². The third-order valence-electron chi connectivity index (χ3n) is 0.671. The second kappa shape index (κ2) is 3.21. The number of hydrogen-bond donors (Lipinski definition) is 1. The summed E-state index contributed by atoms with van der Waals surface area (Å²) in [6.45, 7) is -0.105. The summed E-state index contributed by atoms with van der Waals surface area (Å²) in [4.78, 5) is 0. The van der Waals surface area contributed by atoms with Crippen LogP contribution in [0.25, 0.3) is 0 Å². The second-order valence-corrected chi connectivity index (χ2v) is 5.17. The summed E-state index contributed by atoms with van der Waals surface area (Å²) < 4.78 is -3.23. The van der Waals surface area contributed by atoms with Crippen molar-refractivity contribution in [1.29, 1.82) is 0 Å². The first kappa shape index (κ1) is 10.4. The summed E-state index contributed by atoms with van der Waals surface area (Å²) in [5.41, 5.74) is 5.08. The number of halogens is 5. The highest BCUT2D eigenvalue weighted by molar-refractivity contribution is 6.75. The summed E-state index contributed by atoms with van der Waals surface area (Å²) in [5.74, 6) is 0. The lowest BCUT2D eigenvalue weighted by molar-refractivity contribution is 0.801. The van der Waals surface area contributed by atoms with Crippen LogP contribution in [0.2, 0.25) is 0 Å². The van der Waals surface area contributed by atoms with Gasteiger partial charge in [-0.25, -0.2) is 0 Å². The van der Waals surface area contributed by atoms with Gasteiger partial charge in [0.2, 0.25) is 3.79 Å². The highest BCUT2D eigenvalue weighted by Crippen LogP contribution is 2.44. The van der Waals surface area contributed by atoms with Crippen LogP contribution in [0.4, 0.5) is 0 Å². The molecule has 0 aromatic heterocycles. The molecule has 0 heterocycles. The molecule has 0 aromatic rings. The van der Waals surface area contributed by atoms with Gasteiger partial charge in [-0.3, -0.25) is 0 Å². The molecule has 1 nitrogen and oxygen atoms in total. The Morgan fingerprint density at radius 3 is 1.33 bits per heavy atom. The molecule has 56 valence electrons. The van der Waals surface area contributed by atoms with Crippen LogP contribution in [0.5, 0.6) is 0 Å². The molecule has 0 unspecified atom stereocenters. The molecular formula is C3H4Cl5N. The minimum Gasteiger partial charge on any atom is -0.328 e. The topological polar surface area (TPSA) is 26.0 Å². The van der Waals surface area contributed by atoms with Gasteiger partial charge in [0.25, 0.3) is 0 Å². The Balaban J connectivity index is 4.14. The molecule has 0 aromatic carbocycles. The zero-order valence-corrected chi connectivity index (χ0v) is 7.95. The zero-order valence-electron chi connectivity index (χ0n) is 4.17. The number of nitrogens with two attached hydrogens (primary N) is 1. The molecule has 0 saturated carbocycles. The Kier molecular flexibility index (Phi) is 3.71. The predicted octanol–water partition coefficient (Wildman–Crippen LogP) is 2.49. The van der Waals surface area contributed by atoms with Gasteiger partial charge in [-0.1, -0.05) is 58.0 Å². The van der Waals surface area contributed by atoms with Crippen molar-refractivity contribution in [3.05, 3.63) is 0 Å². The SMILES string of the molecule is NCC(Cl)(Cl)C(Cl)(Cl)Cl. The number of hydrogen-bond acceptors (Lipinski definition) is 1. The van der Waals surface area contributed by atoms with Crippen LogP contribution in [0.1, 0.15) is 0 Å². The van der Waals surface area contributed by atoms with Crippen molar-refractivity contribution in [2.75, 3.05) is 6.54 Å². The third-order valence-corrected chi connectivity index (χ3v) is 3.09. The fourth-order valence-electron chi connectivity index (χ4n) is 0.116. The van der Waals surface area contributed by atoms with Gasteiger partial charge in [-0.15, -0.1) is 0 Å². The minimum atomic E-state index is -1.73. The van der Waals surface area contributed by atoms with E-state index in [0.717, 1.165) is 0 Å². The lowest BCUT2D eigenvalue weighted by Gasteiger charge is -2.24. The first-order chi connectivity index (χ1) is 3.81. The first-order valence-electron chi connectivity index (χ1n) is 1.96. The summed E-state index contributed by atoms with van der Waals surface area (Å²) in [6, 6.07) is 0. The van der Waals surface area contributed by atoms with Crippen molar-refractivity contribution in [1.82, 2.24) is 0 Å². The third kappa shape index (κ3) is 2.87. The van der Waals surface area contributed by atoms with Crippen LogP contribution in [0.15, 0.2) is 0 Å². The van der Waals surface area contributed by atoms with E-state index in [1.54, 1.807) is 0 Å². The van der Waals surface area contributed by atoms with Crippen molar-refractivity contribution in [3.8, 4) is 0 Å². The molecule has 0 radical (unpaired) electrons.